The fourth-order valence-electron chi connectivity index (χ4n) is 6.63. The molecule has 1 aromatic heterocycles. The number of aromatic nitrogens is 1. The molecule has 0 N–H and O–H groups in total. The third kappa shape index (κ3) is 5.55. The van der Waals surface area contributed by atoms with Crippen molar-refractivity contribution in [3.05, 3.63) is 76.0 Å². The molecule has 0 radical (unpaired) electrons. The van der Waals surface area contributed by atoms with Gasteiger partial charge in [-0.25, -0.2) is 9.78 Å². The van der Waals surface area contributed by atoms with E-state index in [9.17, 15) is 9.59 Å². The van der Waals surface area contributed by atoms with E-state index in [1.807, 2.05) is 20.8 Å². The number of aryl methyl sites for hydroxylation is 3. The first kappa shape index (κ1) is 29.0. The number of ether oxygens (including phenoxy) is 3. The Morgan fingerprint density at radius 1 is 1.02 bits per heavy atom. The fraction of sp³-hybridized carbons (Fsp3) is 0.457. The molecule has 1 saturated carbocycles. The summed E-state index contributed by atoms with van der Waals surface area (Å²) in [6.45, 7) is 12.7. The molecule has 0 spiro atoms. The molecule has 0 bridgehead atoms. The molecule has 43 heavy (non-hydrogen) atoms. The first-order valence-corrected chi connectivity index (χ1v) is 15.3. The minimum absolute atomic E-state index is 0.116. The number of carbonyl (C=O) groups is 2. The molecule has 6 rings (SSSR count). The van der Waals surface area contributed by atoms with Gasteiger partial charge in [0, 0.05) is 24.2 Å². The van der Waals surface area contributed by atoms with Gasteiger partial charge < -0.3 is 19.1 Å². The minimum atomic E-state index is -0.358. The van der Waals surface area contributed by atoms with Gasteiger partial charge in [0.25, 0.3) is 0 Å². The van der Waals surface area contributed by atoms with E-state index in [1.54, 1.807) is 12.0 Å². The zero-order chi connectivity index (χ0) is 30.4. The number of esters is 1. The third-order valence-corrected chi connectivity index (χ3v) is 9.02. The number of cyclic esters (lactones) is 1. The Bertz CT molecular complexity index is 1550. The van der Waals surface area contributed by atoms with Crippen molar-refractivity contribution < 1.29 is 23.8 Å². The van der Waals surface area contributed by atoms with Crippen LogP contribution in [-0.2, 0) is 20.8 Å². The number of amides is 1. The largest absolute Gasteiger partial charge is 0.496 e. The van der Waals surface area contributed by atoms with Crippen LogP contribution in [0.2, 0.25) is 0 Å². The number of hydrogen-bond acceptors (Lipinski definition) is 7. The molecule has 4 atom stereocenters. The topological polar surface area (TPSA) is 81.2 Å². The molecule has 226 valence electrons. The van der Waals surface area contributed by atoms with Crippen LogP contribution in [0.3, 0.4) is 0 Å². The van der Waals surface area contributed by atoms with Crippen molar-refractivity contribution in [1.82, 2.24) is 9.88 Å². The van der Waals surface area contributed by atoms with Crippen LogP contribution in [0.25, 0.3) is 11.1 Å². The molecule has 8 nitrogen and oxygen atoms in total. The monoisotopic (exact) mass is 583 g/mol. The number of carbonyl (C=O) groups excluding carboxylic acids is 2. The third-order valence-electron chi connectivity index (χ3n) is 9.02. The summed E-state index contributed by atoms with van der Waals surface area (Å²) < 4.78 is 17.2. The Kier molecular flexibility index (Phi) is 7.79. The summed E-state index contributed by atoms with van der Waals surface area (Å²) in [4.78, 5) is 35.0. The van der Waals surface area contributed by atoms with Crippen molar-refractivity contribution in [2.24, 2.45) is 5.92 Å². The van der Waals surface area contributed by atoms with Crippen LogP contribution in [-0.4, -0.2) is 54.8 Å². The van der Waals surface area contributed by atoms with E-state index in [0.29, 0.717) is 13.2 Å². The molecule has 8 heteroatoms. The van der Waals surface area contributed by atoms with Crippen molar-refractivity contribution in [3.63, 3.8) is 0 Å². The molecule has 1 aliphatic carbocycles. The van der Waals surface area contributed by atoms with E-state index in [4.69, 9.17) is 19.2 Å². The Hall–Kier alpha value is -4.07. The average Bonchev–Trinajstić information content (AvgIpc) is 3.69. The highest BCUT2D eigenvalue weighted by molar-refractivity contribution is 5.80. The van der Waals surface area contributed by atoms with Gasteiger partial charge in [-0.05, 0) is 88.3 Å². The molecule has 1 amide bonds. The van der Waals surface area contributed by atoms with Crippen LogP contribution in [0.15, 0.2) is 42.5 Å². The van der Waals surface area contributed by atoms with E-state index >= 15 is 0 Å². The zero-order valence-corrected chi connectivity index (χ0v) is 26.0. The highest BCUT2D eigenvalue weighted by atomic mass is 16.6. The van der Waals surface area contributed by atoms with Crippen LogP contribution < -0.4 is 9.64 Å². The van der Waals surface area contributed by atoms with E-state index in [1.165, 1.54) is 0 Å². The maximum atomic E-state index is 13.4. The molecule has 2 aromatic carbocycles. The van der Waals surface area contributed by atoms with Gasteiger partial charge in [0.05, 0.1) is 37.9 Å². The van der Waals surface area contributed by atoms with Crippen molar-refractivity contribution in [2.75, 3.05) is 31.7 Å². The molecular formula is C35H41N3O5. The van der Waals surface area contributed by atoms with Crippen LogP contribution in [0.1, 0.15) is 72.2 Å². The smallest absolute Gasteiger partial charge is 0.411 e. The number of anilines is 1. The summed E-state index contributed by atoms with van der Waals surface area (Å²) in [6, 6.07) is 14.5. The molecule has 0 unspecified atom stereocenters. The van der Waals surface area contributed by atoms with Crippen molar-refractivity contribution in [1.29, 1.82) is 0 Å². The Labute approximate surface area is 254 Å². The number of nitrogens with zero attached hydrogens (tertiary/aromatic N) is 3. The number of benzene rings is 2. The van der Waals surface area contributed by atoms with E-state index in [0.717, 1.165) is 82.1 Å². The standard InChI is InChI=1S/C35H41N3O5/c1-7-42-34(39)29-18-27(29)24-16-22(4)32(41-6)28(17-24)26-9-10-31(37-11-8-12-37)36-30(26)19-38-23(5)33(43-35(38)40)25-14-20(2)13-21(3)15-25/h9-10,13-17,23,27,29,33H,7-8,11-12,18-19H2,1-6H3/t23-,27-,29+,33-/m0/s1. The lowest BCUT2D eigenvalue weighted by Crippen LogP contribution is -2.38. The number of methoxy groups -OCH3 is 1. The summed E-state index contributed by atoms with van der Waals surface area (Å²) in [5.41, 5.74) is 8.00. The van der Waals surface area contributed by atoms with Gasteiger partial charge in [0.2, 0.25) is 0 Å². The SMILES string of the molecule is CCOC(=O)[C@@H]1C[C@H]1c1cc(C)c(OC)c(-c2ccc(N3CCC3)nc2CN2C(=O)O[C@H](c3cc(C)cc(C)c3)[C@@H]2C)c1. The summed E-state index contributed by atoms with van der Waals surface area (Å²) in [6.07, 6.45) is 1.22. The Morgan fingerprint density at radius 3 is 2.42 bits per heavy atom. The van der Waals surface area contributed by atoms with Crippen molar-refractivity contribution >= 4 is 17.9 Å². The lowest BCUT2D eigenvalue weighted by Gasteiger charge is -2.33. The zero-order valence-electron chi connectivity index (χ0n) is 26.0. The van der Waals surface area contributed by atoms with Crippen molar-refractivity contribution in [2.45, 2.75) is 72.1 Å². The van der Waals surface area contributed by atoms with Gasteiger partial charge in [-0.1, -0.05) is 35.4 Å². The van der Waals surface area contributed by atoms with Gasteiger partial charge >= 0.3 is 12.1 Å². The lowest BCUT2D eigenvalue weighted by atomic mass is 9.94. The Morgan fingerprint density at radius 2 is 1.77 bits per heavy atom. The second kappa shape index (κ2) is 11.5. The predicted molar refractivity (Wildman–Crippen MR) is 165 cm³/mol. The first-order chi connectivity index (χ1) is 20.7. The van der Waals surface area contributed by atoms with E-state index in [2.05, 4.69) is 61.2 Å². The summed E-state index contributed by atoms with van der Waals surface area (Å²) >= 11 is 0. The van der Waals surface area contributed by atoms with Gasteiger partial charge in [0.1, 0.15) is 17.7 Å². The molecule has 3 aromatic rings. The first-order valence-electron chi connectivity index (χ1n) is 15.3. The maximum Gasteiger partial charge on any atom is 0.411 e. The Balaban J connectivity index is 1.37. The van der Waals surface area contributed by atoms with Gasteiger partial charge in [0.15, 0.2) is 0 Å². The van der Waals surface area contributed by atoms with Crippen LogP contribution in [0.5, 0.6) is 5.75 Å². The lowest BCUT2D eigenvalue weighted by molar-refractivity contribution is -0.144. The van der Waals surface area contributed by atoms with E-state index in [-0.39, 0.29) is 36.0 Å². The van der Waals surface area contributed by atoms with Crippen molar-refractivity contribution in [3.8, 4) is 16.9 Å². The second-order valence-corrected chi connectivity index (χ2v) is 12.2. The minimum Gasteiger partial charge on any atom is -0.496 e. The molecule has 3 aliphatic rings. The van der Waals surface area contributed by atoms with Gasteiger partial charge in [-0.2, -0.15) is 0 Å². The summed E-state index contributed by atoms with van der Waals surface area (Å²) in [5, 5.41) is 0. The normalized spacial score (nSPS) is 22.7. The van der Waals surface area contributed by atoms with Crippen LogP contribution in [0.4, 0.5) is 10.6 Å². The van der Waals surface area contributed by atoms with E-state index < -0.39 is 0 Å². The molecular weight excluding hydrogens is 542 g/mol. The summed E-state index contributed by atoms with van der Waals surface area (Å²) in [7, 11) is 1.68. The maximum absolute atomic E-state index is 13.4. The quantitative estimate of drug-likeness (QED) is 0.261. The molecule has 3 heterocycles. The van der Waals surface area contributed by atoms with Crippen LogP contribution in [0, 0.1) is 26.7 Å². The molecule has 2 aliphatic heterocycles. The number of rotatable bonds is 9. The highest BCUT2D eigenvalue weighted by Gasteiger charge is 2.46. The number of hydrogen-bond donors (Lipinski definition) is 0. The second-order valence-electron chi connectivity index (χ2n) is 12.2. The molecule has 3 fully saturated rings. The highest BCUT2D eigenvalue weighted by Crippen LogP contribution is 2.51. The molecule has 2 saturated heterocycles. The summed E-state index contributed by atoms with van der Waals surface area (Å²) in [5.74, 6) is 1.54. The van der Waals surface area contributed by atoms with Crippen LogP contribution >= 0.6 is 0 Å². The van der Waals surface area contributed by atoms with Gasteiger partial charge in [-0.3, -0.25) is 9.69 Å². The average molecular weight is 584 g/mol. The van der Waals surface area contributed by atoms with Gasteiger partial charge in [-0.15, -0.1) is 0 Å². The number of pyridine rings is 1. The predicted octanol–water partition coefficient (Wildman–Crippen LogP) is 6.64. The fourth-order valence-corrected chi connectivity index (χ4v) is 6.63.